The Morgan fingerprint density at radius 3 is 2.43 bits per heavy atom. The van der Waals surface area contributed by atoms with E-state index in [4.69, 9.17) is 10.5 Å². The number of ether oxygens (including phenoxy) is 1. The fourth-order valence-electron chi connectivity index (χ4n) is 2.70. The first-order valence-electron chi connectivity index (χ1n) is 9.43. The third-order valence-corrected chi connectivity index (χ3v) is 4.11. The van der Waals surface area contributed by atoms with Crippen molar-refractivity contribution >= 4 is 17.4 Å². The van der Waals surface area contributed by atoms with Crippen molar-refractivity contribution in [2.75, 3.05) is 5.32 Å². The second-order valence-electron chi connectivity index (χ2n) is 6.40. The normalized spacial score (nSPS) is 10.1. The lowest BCUT2D eigenvalue weighted by atomic mass is 10.1. The molecule has 0 unspecified atom stereocenters. The average Bonchev–Trinajstić information content (AvgIpc) is 2.69. The van der Waals surface area contributed by atoms with Gasteiger partial charge >= 0.3 is 0 Å². The van der Waals surface area contributed by atoms with Crippen molar-refractivity contribution in [3.63, 3.8) is 0 Å². The Balaban J connectivity index is 0.00000155. The number of anilines is 2. The van der Waals surface area contributed by atoms with Gasteiger partial charge in [0.2, 0.25) is 0 Å². The number of aromatic nitrogens is 2. The third kappa shape index (κ3) is 5.02. The second kappa shape index (κ2) is 9.69. The van der Waals surface area contributed by atoms with Gasteiger partial charge in [-0.15, -0.1) is 0 Å². The van der Waals surface area contributed by atoms with E-state index >= 15 is 0 Å². The SMILES string of the molecule is CC.Cc1cncc(Oc2cc(=O)n(C)c(Nc3ccc(C)cc3F)c2C(N)=O)c1. The molecule has 3 aromatic rings. The van der Waals surface area contributed by atoms with Gasteiger partial charge in [0.1, 0.15) is 28.7 Å². The first-order valence-corrected chi connectivity index (χ1v) is 9.43. The number of rotatable bonds is 5. The lowest BCUT2D eigenvalue weighted by molar-refractivity contribution is 0.0998. The number of benzene rings is 1. The van der Waals surface area contributed by atoms with Crippen molar-refractivity contribution in [2.24, 2.45) is 12.8 Å². The number of hydrogen-bond acceptors (Lipinski definition) is 5. The maximum Gasteiger partial charge on any atom is 0.256 e. The molecule has 3 rings (SSSR count). The molecule has 0 radical (unpaired) electrons. The number of pyridine rings is 2. The first-order chi connectivity index (χ1) is 14.3. The fraction of sp³-hybridized carbons (Fsp3) is 0.227. The van der Waals surface area contributed by atoms with E-state index in [1.807, 2.05) is 20.8 Å². The van der Waals surface area contributed by atoms with E-state index in [2.05, 4.69) is 10.3 Å². The highest BCUT2D eigenvalue weighted by molar-refractivity contribution is 6.01. The Morgan fingerprint density at radius 2 is 1.83 bits per heavy atom. The molecule has 1 aromatic carbocycles. The molecule has 0 atom stereocenters. The summed E-state index contributed by atoms with van der Waals surface area (Å²) in [6, 6.07) is 7.40. The van der Waals surface area contributed by atoms with Crippen LogP contribution in [0.3, 0.4) is 0 Å². The molecule has 30 heavy (non-hydrogen) atoms. The maximum atomic E-state index is 14.3. The van der Waals surface area contributed by atoms with Crippen LogP contribution < -0.4 is 21.3 Å². The maximum absolute atomic E-state index is 14.3. The van der Waals surface area contributed by atoms with Gasteiger partial charge in [0.15, 0.2) is 0 Å². The first kappa shape index (κ1) is 22.6. The van der Waals surface area contributed by atoms with Gasteiger partial charge in [0.05, 0.1) is 11.9 Å². The molecule has 8 heteroatoms. The highest BCUT2D eigenvalue weighted by Crippen LogP contribution is 2.31. The highest BCUT2D eigenvalue weighted by Gasteiger charge is 2.21. The predicted molar refractivity (Wildman–Crippen MR) is 115 cm³/mol. The molecule has 0 aliphatic carbocycles. The summed E-state index contributed by atoms with van der Waals surface area (Å²) in [6.07, 6.45) is 3.08. The van der Waals surface area contributed by atoms with Crippen LogP contribution >= 0.6 is 0 Å². The minimum absolute atomic E-state index is 0.0263. The molecule has 0 saturated carbocycles. The lowest BCUT2D eigenvalue weighted by Crippen LogP contribution is -2.25. The summed E-state index contributed by atoms with van der Waals surface area (Å²) < 4.78 is 21.2. The van der Waals surface area contributed by atoms with Gasteiger partial charge in [-0.25, -0.2) is 4.39 Å². The Labute approximate surface area is 174 Å². The largest absolute Gasteiger partial charge is 0.455 e. The molecular weight excluding hydrogens is 387 g/mol. The highest BCUT2D eigenvalue weighted by atomic mass is 19.1. The smallest absolute Gasteiger partial charge is 0.256 e. The van der Waals surface area contributed by atoms with E-state index in [0.29, 0.717) is 5.75 Å². The van der Waals surface area contributed by atoms with Crippen LogP contribution in [0.2, 0.25) is 0 Å². The Kier molecular flexibility index (Phi) is 7.30. The minimum Gasteiger partial charge on any atom is -0.455 e. The van der Waals surface area contributed by atoms with Gasteiger partial charge in [0, 0.05) is 19.3 Å². The Bertz CT molecular complexity index is 1130. The van der Waals surface area contributed by atoms with Gasteiger partial charge in [-0.05, 0) is 43.2 Å². The fourth-order valence-corrected chi connectivity index (χ4v) is 2.70. The van der Waals surface area contributed by atoms with Gasteiger partial charge in [-0.2, -0.15) is 0 Å². The Hall–Kier alpha value is -3.68. The third-order valence-electron chi connectivity index (χ3n) is 4.11. The number of carbonyl (C=O) groups excluding carboxylic acids is 1. The number of halogens is 1. The average molecular weight is 412 g/mol. The zero-order chi connectivity index (χ0) is 22.4. The number of carbonyl (C=O) groups is 1. The van der Waals surface area contributed by atoms with Crippen molar-refractivity contribution in [2.45, 2.75) is 27.7 Å². The van der Waals surface area contributed by atoms with E-state index < -0.39 is 17.3 Å². The molecule has 0 aliphatic rings. The molecule has 2 heterocycles. The van der Waals surface area contributed by atoms with Crippen molar-refractivity contribution < 1.29 is 13.9 Å². The molecule has 158 valence electrons. The topological polar surface area (TPSA) is 99.2 Å². The standard InChI is InChI=1S/C20H19FN4O3.C2H6/c1-11-4-5-15(14(21)7-11)24-20-18(19(22)27)16(8-17(26)25(20)3)28-13-6-12(2)9-23-10-13;1-2/h4-10,24H,1-3H3,(H2,22,27);1-2H3. The summed E-state index contributed by atoms with van der Waals surface area (Å²) in [7, 11) is 1.45. The molecule has 0 saturated heterocycles. The summed E-state index contributed by atoms with van der Waals surface area (Å²) in [4.78, 5) is 28.6. The lowest BCUT2D eigenvalue weighted by Gasteiger charge is -2.18. The van der Waals surface area contributed by atoms with Crippen LogP contribution in [-0.2, 0) is 7.05 Å². The van der Waals surface area contributed by atoms with E-state index in [0.717, 1.165) is 17.2 Å². The monoisotopic (exact) mass is 412 g/mol. The van der Waals surface area contributed by atoms with Crippen molar-refractivity contribution in [3.8, 4) is 11.5 Å². The number of nitrogens with one attached hydrogen (secondary N) is 1. The van der Waals surface area contributed by atoms with Crippen molar-refractivity contribution in [1.82, 2.24) is 9.55 Å². The summed E-state index contributed by atoms with van der Waals surface area (Å²) in [6.45, 7) is 7.58. The molecule has 0 fully saturated rings. The van der Waals surface area contributed by atoms with Crippen LogP contribution in [0, 0.1) is 19.7 Å². The van der Waals surface area contributed by atoms with Crippen LogP contribution in [0.5, 0.6) is 11.5 Å². The van der Waals surface area contributed by atoms with Gasteiger partial charge in [-0.3, -0.25) is 19.1 Å². The molecular formula is C22H25FN4O3. The number of nitrogens with zero attached hydrogens (tertiary/aromatic N) is 2. The van der Waals surface area contributed by atoms with Crippen molar-refractivity contribution in [1.29, 1.82) is 0 Å². The van der Waals surface area contributed by atoms with Crippen LogP contribution in [0.1, 0.15) is 35.3 Å². The number of hydrogen-bond donors (Lipinski definition) is 2. The summed E-state index contributed by atoms with van der Waals surface area (Å²) in [5, 5.41) is 2.79. The molecule has 7 nitrogen and oxygen atoms in total. The van der Waals surface area contributed by atoms with Crippen molar-refractivity contribution in [3.05, 3.63) is 75.6 Å². The molecule has 0 bridgehead atoms. The minimum atomic E-state index is -0.832. The molecule has 0 spiro atoms. The van der Waals surface area contributed by atoms with Crippen LogP contribution in [0.25, 0.3) is 0 Å². The van der Waals surface area contributed by atoms with Crippen LogP contribution in [0.4, 0.5) is 15.9 Å². The molecule has 1 amide bonds. The summed E-state index contributed by atoms with van der Waals surface area (Å²) >= 11 is 0. The summed E-state index contributed by atoms with van der Waals surface area (Å²) in [5.74, 6) is -1.04. The van der Waals surface area contributed by atoms with Gasteiger partial charge in [0.25, 0.3) is 11.5 Å². The van der Waals surface area contributed by atoms with Crippen LogP contribution in [0.15, 0.2) is 47.5 Å². The van der Waals surface area contributed by atoms with E-state index in [9.17, 15) is 14.0 Å². The van der Waals surface area contributed by atoms with Crippen LogP contribution in [-0.4, -0.2) is 15.5 Å². The zero-order valence-electron chi connectivity index (χ0n) is 17.6. The molecule has 3 N–H and O–H groups in total. The Morgan fingerprint density at radius 1 is 1.13 bits per heavy atom. The predicted octanol–water partition coefficient (Wildman–Crippen LogP) is 4.20. The number of aryl methyl sites for hydroxylation is 2. The number of primary amides is 1. The zero-order valence-corrected chi connectivity index (χ0v) is 17.6. The second-order valence-corrected chi connectivity index (χ2v) is 6.40. The quantitative estimate of drug-likeness (QED) is 0.654. The van der Waals surface area contributed by atoms with E-state index in [-0.39, 0.29) is 22.8 Å². The summed E-state index contributed by atoms with van der Waals surface area (Å²) in [5.41, 5.74) is 6.67. The van der Waals surface area contributed by atoms with E-state index in [1.165, 1.54) is 29.9 Å². The molecule has 2 aromatic heterocycles. The van der Waals surface area contributed by atoms with E-state index in [1.54, 1.807) is 25.3 Å². The molecule has 0 aliphatic heterocycles. The number of nitrogens with two attached hydrogens (primary N) is 1. The number of amides is 1. The van der Waals surface area contributed by atoms with Gasteiger partial charge in [-0.1, -0.05) is 19.9 Å². The van der Waals surface area contributed by atoms with Gasteiger partial charge < -0.3 is 15.8 Å².